The van der Waals surface area contributed by atoms with Crippen LogP contribution in [0.2, 0.25) is 0 Å². The first-order valence-electron chi connectivity index (χ1n) is 9.72. The minimum Gasteiger partial charge on any atom is -0.454 e. The molecule has 1 heterocycles. The van der Waals surface area contributed by atoms with Gasteiger partial charge in [0, 0.05) is 11.3 Å². The molecule has 7 nitrogen and oxygen atoms in total. The molecule has 160 valence electrons. The maximum absolute atomic E-state index is 12.8. The van der Waals surface area contributed by atoms with Gasteiger partial charge in [0.25, 0.3) is 15.9 Å². The monoisotopic (exact) mass is 438 g/mol. The van der Waals surface area contributed by atoms with Crippen LogP contribution in [0.5, 0.6) is 11.5 Å². The molecule has 3 aromatic carbocycles. The van der Waals surface area contributed by atoms with Crippen LogP contribution in [0.15, 0.2) is 71.6 Å². The number of benzene rings is 3. The molecule has 1 aliphatic rings. The van der Waals surface area contributed by atoms with Crippen molar-refractivity contribution < 1.29 is 22.7 Å². The van der Waals surface area contributed by atoms with Gasteiger partial charge in [0.15, 0.2) is 11.5 Å². The zero-order valence-corrected chi connectivity index (χ0v) is 17.9. The van der Waals surface area contributed by atoms with Gasteiger partial charge in [-0.05, 0) is 61.9 Å². The van der Waals surface area contributed by atoms with Crippen LogP contribution >= 0.6 is 0 Å². The lowest BCUT2D eigenvalue weighted by Gasteiger charge is -2.15. The van der Waals surface area contributed by atoms with Crippen LogP contribution < -0.4 is 19.5 Å². The third kappa shape index (κ3) is 4.64. The highest BCUT2D eigenvalue weighted by Gasteiger charge is 2.19. The van der Waals surface area contributed by atoms with E-state index in [9.17, 15) is 13.2 Å². The van der Waals surface area contributed by atoms with E-state index in [1.165, 1.54) is 12.1 Å². The lowest BCUT2D eigenvalue weighted by atomic mass is 10.1. The Labute approximate surface area is 181 Å². The van der Waals surface area contributed by atoms with E-state index in [-0.39, 0.29) is 29.2 Å². The highest BCUT2D eigenvalue weighted by molar-refractivity contribution is 7.92. The normalized spacial score (nSPS) is 13.5. The second-order valence-electron chi connectivity index (χ2n) is 7.31. The van der Waals surface area contributed by atoms with Crippen molar-refractivity contribution in [1.29, 1.82) is 0 Å². The number of carbonyl (C=O) groups is 1. The first-order chi connectivity index (χ1) is 14.8. The van der Waals surface area contributed by atoms with Gasteiger partial charge in [0.05, 0.1) is 10.9 Å². The average Bonchev–Trinajstić information content (AvgIpc) is 3.23. The SMILES string of the molecule is Cc1ccc(NS(=O)(=O)c2cccc(C(=O)N[C@H](C)c3ccc4c(c3)OCO4)c2)cc1. The summed E-state index contributed by atoms with van der Waals surface area (Å²) in [5.74, 6) is 0.924. The molecule has 0 saturated carbocycles. The number of nitrogens with one attached hydrogen (secondary N) is 2. The Bertz CT molecular complexity index is 1220. The Balaban J connectivity index is 1.49. The van der Waals surface area contributed by atoms with Gasteiger partial charge in [-0.25, -0.2) is 8.42 Å². The van der Waals surface area contributed by atoms with Gasteiger partial charge in [-0.15, -0.1) is 0 Å². The number of anilines is 1. The van der Waals surface area contributed by atoms with E-state index in [0.717, 1.165) is 11.1 Å². The molecule has 0 unspecified atom stereocenters. The molecule has 3 aromatic rings. The van der Waals surface area contributed by atoms with Gasteiger partial charge in [-0.3, -0.25) is 9.52 Å². The zero-order valence-electron chi connectivity index (χ0n) is 17.1. The first-order valence-corrected chi connectivity index (χ1v) is 11.2. The molecule has 0 aliphatic carbocycles. The molecule has 8 heteroatoms. The van der Waals surface area contributed by atoms with Crippen molar-refractivity contribution in [1.82, 2.24) is 5.32 Å². The molecule has 31 heavy (non-hydrogen) atoms. The molecule has 0 spiro atoms. The van der Waals surface area contributed by atoms with Crippen LogP contribution in [0.3, 0.4) is 0 Å². The van der Waals surface area contributed by atoms with Crippen molar-refractivity contribution >= 4 is 21.6 Å². The second kappa shape index (κ2) is 8.31. The van der Waals surface area contributed by atoms with E-state index in [0.29, 0.717) is 17.2 Å². The molecular formula is C23H22N2O5S. The second-order valence-corrected chi connectivity index (χ2v) is 8.99. The van der Waals surface area contributed by atoms with Gasteiger partial charge in [0.2, 0.25) is 6.79 Å². The van der Waals surface area contributed by atoms with Crippen molar-refractivity contribution in [2.24, 2.45) is 0 Å². The molecule has 0 aromatic heterocycles. The Morgan fingerprint density at radius 3 is 2.48 bits per heavy atom. The molecule has 4 rings (SSSR count). The van der Waals surface area contributed by atoms with Gasteiger partial charge in [0.1, 0.15) is 0 Å². The predicted octanol–water partition coefficient (Wildman–Crippen LogP) is 4.02. The van der Waals surface area contributed by atoms with Crippen molar-refractivity contribution in [2.75, 3.05) is 11.5 Å². The molecule has 1 amide bonds. The van der Waals surface area contributed by atoms with E-state index in [1.54, 1.807) is 30.3 Å². The summed E-state index contributed by atoms with van der Waals surface area (Å²) in [5.41, 5.74) is 2.58. The molecule has 0 radical (unpaired) electrons. The van der Waals surface area contributed by atoms with E-state index < -0.39 is 10.0 Å². The maximum atomic E-state index is 12.8. The van der Waals surface area contributed by atoms with Crippen molar-refractivity contribution in [3.8, 4) is 11.5 Å². The summed E-state index contributed by atoms with van der Waals surface area (Å²) in [7, 11) is -3.83. The van der Waals surface area contributed by atoms with E-state index in [1.807, 2.05) is 38.1 Å². The number of fused-ring (bicyclic) bond motifs is 1. The highest BCUT2D eigenvalue weighted by atomic mass is 32.2. The maximum Gasteiger partial charge on any atom is 0.261 e. The average molecular weight is 439 g/mol. The number of rotatable bonds is 6. The highest BCUT2D eigenvalue weighted by Crippen LogP contribution is 2.34. The standard InChI is InChI=1S/C23H22N2O5S/c1-15-6-9-19(10-7-15)25-31(27,28)20-5-3-4-18(12-20)23(26)24-16(2)17-8-11-21-22(13-17)30-14-29-21/h3-13,16,25H,14H2,1-2H3,(H,24,26)/t16-/m1/s1. The third-order valence-electron chi connectivity index (χ3n) is 4.95. The Kier molecular flexibility index (Phi) is 5.56. The van der Waals surface area contributed by atoms with Gasteiger partial charge < -0.3 is 14.8 Å². The number of aryl methyl sites for hydroxylation is 1. The van der Waals surface area contributed by atoms with E-state index in [4.69, 9.17) is 9.47 Å². The molecule has 0 fully saturated rings. The molecule has 1 atom stereocenters. The number of ether oxygens (including phenoxy) is 2. The minimum absolute atomic E-state index is 0.0106. The summed E-state index contributed by atoms with van der Waals surface area (Å²) in [4.78, 5) is 12.8. The minimum atomic E-state index is -3.83. The lowest BCUT2D eigenvalue weighted by Crippen LogP contribution is -2.27. The van der Waals surface area contributed by atoms with Gasteiger partial charge in [-0.2, -0.15) is 0 Å². The lowest BCUT2D eigenvalue weighted by molar-refractivity contribution is 0.0939. The Morgan fingerprint density at radius 1 is 0.968 bits per heavy atom. The van der Waals surface area contributed by atoms with Crippen LogP contribution in [-0.4, -0.2) is 21.1 Å². The fourth-order valence-corrected chi connectivity index (χ4v) is 4.29. The summed E-state index contributed by atoms with van der Waals surface area (Å²) in [6, 6.07) is 18.1. The van der Waals surface area contributed by atoms with Crippen molar-refractivity contribution in [3.05, 3.63) is 83.4 Å². The number of carbonyl (C=O) groups excluding carboxylic acids is 1. The number of amides is 1. The van der Waals surface area contributed by atoms with E-state index >= 15 is 0 Å². The summed E-state index contributed by atoms with van der Waals surface area (Å²) < 4.78 is 38.7. The summed E-state index contributed by atoms with van der Waals surface area (Å²) in [5, 5.41) is 2.89. The quantitative estimate of drug-likeness (QED) is 0.606. The van der Waals surface area contributed by atoms with Crippen molar-refractivity contribution in [3.63, 3.8) is 0 Å². The van der Waals surface area contributed by atoms with Crippen molar-refractivity contribution in [2.45, 2.75) is 24.8 Å². The molecule has 2 N–H and O–H groups in total. The first kappa shape index (κ1) is 20.7. The summed E-state index contributed by atoms with van der Waals surface area (Å²) in [6.45, 7) is 3.94. The van der Waals surface area contributed by atoms with Crippen LogP contribution in [-0.2, 0) is 10.0 Å². The largest absolute Gasteiger partial charge is 0.454 e. The van der Waals surface area contributed by atoms with E-state index in [2.05, 4.69) is 10.0 Å². The Hall–Kier alpha value is -3.52. The van der Waals surface area contributed by atoms with Gasteiger partial charge >= 0.3 is 0 Å². The number of hydrogen-bond acceptors (Lipinski definition) is 5. The van der Waals surface area contributed by atoms with Crippen LogP contribution in [0.1, 0.15) is 34.5 Å². The summed E-state index contributed by atoms with van der Waals surface area (Å²) >= 11 is 0. The van der Waals surface area contributed by atoms with Gasteiger partial charge in [-0.1, -0.05) is 29.8 Å². The van der Waals surface area contributed by atoms with Crippen LogP contribution in [0, 0.1) is 6.92 Å². The smallest absolute Gasteiger partial charge is 0.261 e. The third-order valence-corrected chi connectivity index (χ3v) is 6.33. The molecule has 0 saturated heterocycles. The van der Waals surface area contributed by atoms with Crippen LogP contribution in [0.4, 0.5) is 5.69 Å². The predicted molar refractivity (Wildman–Crippen MR) is 117 cm³/mol. The molecular weight excluding hydrogens is 416 g/mol. The number of sulfonamides is 1. The number of hydrogen-bond donors (Lipinski definition) is 2. The topological polar surface area (TPSA) is 93.7 Å². The Morgan fingerprint density at radius 2 is 1.71 bits per heavy atom. The molecule has 1 aliphatic heterocycles. The zero-order chi connectivity index (χ0) is 22.0. The fraction of sp³-hybridized carbons (Fsp3) is 0.174. The fourth-order valence-electron chi connectivity index (χ4n) is 3.19. The van der Waals surface area contributed by atoms with Crippen LogP contribution in [0.25, 0.3) is 0 Å². The summed E-state index contributed by atoms with van der Waals surface area (Å²) in [6.07, 6.45) is 0. The molecule has 0 bridgehead atoms.